The van der Waals surface area contributed by atoms with Crippen molar-refractivity contribution in [3.63, 3.8) is 0 Å². The van der Waals surface area contributed by atoms with Gasteiger partial charge in [-0.05, 0) is 37.1 Å². The van der Waals surface area contributed by atoms with Gasteiger partial charge in [0, 0.05) is 44.1 Å². The van der Waals surface area contributed by atoms with Crippen molar-refractivity contribution < 1.29 is 74.0 Å². The van der Waals surface area contributed by atoms with Crippen LogP contribution in [-0.2, 0) is 26.5 Å². The number of halogens is 9. The molecule has 4 heterocycles. The molecule has 3 N–H and O–H groups in total. The van der Waals surface area contributed by atoms with Gasteiger partial charge in [0.1, 0.15) is 5.82 Å². The van der Waals surface area contributed by atoms with Crippen molar-refractivity contribution in [2.24, 2.45) is 0 Å². The lowest BCUT2D eigenvalue weighted by Crippen LogP contribution is -2.58. The highest BCUT2D eigenvalue weighted by atomic mass is 19.4. The number of alkyl halides is 9. The highest BCUT2D eigenvalue weighted by Crippen LogP contribution is 2.42. The molecule has 12 nitrogen and oxygen atoms in total. The zero-order valence-electron chi connectivity index (χ0n) is 26.3. The molecular weight excluding hydrogens is 713 g/mol. The summed E-state index contributed by atoms with van der Waals surface area (Å²) in [5.74, 6) is -7.02. The van der Waals surface area contributed by atoms with E-state index in [2.05, 4.69) is 45.6 Å². The van der Waals surface area contributed by atoms with Crippen molar-refractivity contribution in [1.82, 2.24) is 24.3 Å². The number of piperidine rings is 1. The van der Waals surface area contributed by atoms with Crippen LogP contribution in [-0.4, -0.2) is 108 Å². The molecule has 1 amide bonds. The first kappa shape index (κ1) is 42.0. The van der Waals surface area contributed by atoms with Gasteiger partial charge in [0.25, 0.3) is 5.91 Å². The van der Waals surface area contributed by atoms with E-state index in [4.69, 9.17) is 34.7 Å². The van der Waals surface area contributed by atoms with E-state index in [-0.39, 0.29) is 11.4 Å². The molecule has 51 heavy (non-hydrogen) atoms. The van der Waals surface area contributed by atoms with Gasteiger partial charge >= 0.3 is 36.4 Å². The Morgan fingerprint density at radius 1 is 0.725 bits per heavy atom. The Morgan fingerprint density at radius 3 is 1.59 bits per heavy atom. The molecule has 0 bridgehead atoms. The molecular formula is C30H30F9N5O7. The van der Waals surface area contributed by atoms with E-state index >= 15 is 0 Å². The maximum atomic E-state index is 12.9. The topological polar surface area (TPSA) is 166 Å². The molecule has 5 rings (SSSR count). The van der Waals surface area contributed by atoms with Crippen molar-refractivity contribution in [2.75, 3.05) is 26.2 Å². The number of carboxylic acids is 3. The Kier molecular flexibility index (Phi) is 14.1. The van der Waals surface area contributed by atoms with Gasteiger partial charge in [-0.3, -0.25) is 14.7 Å². The number of aromatic nitrogens is 3. The van der Waals surface area contributed by atoms with E-state index < -0.39 is 36.4 Å². The molecule has 1 spiro atoms. The largest absolute Gasteiger partial charge is 0.490 e. The Morgan fingerprint density at radius 2 is 1.18 bits per heavy atom. The van der Waals surface area contributed by atoms with Crippen LogP contribution in [0, 0.1) is 0 Å². The van der Waals surface area contributed by atoms with Crippen molar-refractivity contribution in [3.8, 4) is 11.3 Å². The average Bonchev–Trinajstić information content (AvgIpc) is 3.51. The number of carbonyl (C=O) groups excluding carboxylic acids is 1. The monoisotopic (exact) mass is 743 g/mol. The van der Waals surface area contributed by atoms with Crippen LogP contribution in [0.5, 0.6) is 0 Å². The maximum Gasteiger partial charge on any atom is 0.490 e. The molecule has 3 aromatic rings. The molecule has 1 aromatic carbocycles. The number of imidazole rings is 1. The zero-order valence-corrected chi connectivity index (χ0v) is 26.3. The predicted molar refractivity (Wildman–Crippen MR) is 157 cm³/mol. The number of likely N-dealkylation sites (tertiary alicyclic amines) is 1. The molecule has 0 unspecified atom stereocenters. The van der Waals surface area contributed by atoms with E-state index in [1.807, 2.05) is 17.2 Å². The first-order chi connectivity index (χ1) is 23.6. The Balaban J connectivity index is 0.000000352. The van der Waals surface area contributed by atoms with E-state index in [1.54, 1.807) is 24.5 Å². The fourth-order valence-corrected chi connectivity index (χ4v) is 5.15. The van der Waals surface area contributed by atoms with Crippen LogP contribution in [0.1, 0.15) is 35.9 Å². The number of benzene rings is 1. The van der Waals surface area contributed by atoms with E-state index in [9.17, 15) is 44.3 Å². The lowest BCUT2D eigenvalue weighted by atomic mass is 9.83. The second-order valence-corrected chi connectivity index (χ2v) is 10.5. The minimum atomic E-state index is -5.08. The van der Waals surface area contributed by atoms with Crippen LogP contribution in [0.15, 0.2) is 61.1 Å². The Bertz CT molecular complexity index is 1570. The standard InChI is InChI=1S/C24H27N5O.3C2HF3O2/c1-2-28-16-17-29-21(19-6-4-3-5-7-19)18-26-23(29)24(28)10-14-27(15-11-24)22(30)20-8-12-25-13-9-20;3*3-2(4,5)1(6)7/h3-9,12-13,18H,2,10-11,14-17H2,1H3;3*(H,6,7). The summed E-state index contributed by atoms with van der Waals surface area (Å²) in [6, 6.07) is 14.1. The van der Waals surface area contributed by atoms with Gasteiger partial charge in [-0.2, -0.15) is 39.5 Å². The summed E-state index contributed by atoms with van der Waals surface area (Å²) in [5.41, 5.74) is 3.01. The fourth-order valence-electron chi connectivity index (χ4n) is 5.15. The molecule has 1 fully saturated rings. The Labute approximate surface area is 282 Å². The van der Waals surface area contributed by atoms with Gasteiger partial charge in [-0.15, -0.1) is 0 Å². The lowest BCUT2D eigenvalue weighted by Gasteiger charge is -2.50. The predicted octanol–water partition coefficient (Wildman–Crippen LogP) is 5.31. The zero-order chi connectivity index (χ0) is 38.8. The summed E-state index contributed by atoms with van der Waals surface area (Å²) < 4.78 is 97.6. The number of rotatable bonds is 3. The van der Waals surface area contributed by atoms with Gasteiger partial charge in [0.05, 0.1) is 17.4 Å². The first-order valence-corrected chi connectivity index (χ1v) is 14.5. The summed E-state index contributed by atoms with van der Waals surface area (Å²) in [5, 5.41) is 21.4. The van der Waals surface area contributed by atoms with Crippen LogP contribution in [0.2, 0.25) is 0 Å². The summed E-state index contributed by atoms with van der Waals surface area (Å²) in [6.07, 6.45) is -8.05. The van der Waals surface area contributed by atoms with Crippen LogP contribution in [0.25, 0.3) is 11.3 Å². The van der Waals surface area contributed by atoms with Gasteiger partial charge in [-0.1, -0.05) is 37.3 Å². The molecule has 1 saturated heterocycles. The number of nitrogens with zero attached hydrogens (tertiary/aromatic N) is 5. The first-order valence-electron chi connectivity index (χ1n) is 14.5. The number of carbonyl (C=O) groups is 4. The summed E-state index contributed by atoms with van der Waals surface area (Å²) in [7, 11) is 0. The highest BCUT2D eigenvalue weighted by molar-refractivity contribution is 5.94. The number of carboxylic acid groups (broad SMARTS) is 3. The van der Waals surface area contributed by atoms with E-state index in [0.717, 1.165) is 51.4 Å². The smallest absolute Gasteiger partial charge is 0.475 e. The maximum absolute atomic E-state index is 12.9. The van der Waals surface area contributed by atoms with Crippen LogP contribution in [0.3, 0.4) is 0 Å². The van der Waals surface area contributed by atoms with Crippen LogP contribution >= 0.6 is 0 Å². The average molecular weight is 744 g/mol. The minimum absolute atomic E-state index is 0.0967. The quantitative estimate of drug-likeness (QED) is 0.299. The second-order valence-electron chi connectivity index (χ2n) is 10.5. The molecule has 21 heteroatoms. The van der Waals surface area contributed by atoms with Crippen molar-refractivity contribution in [1.29, 1.82) is 0 Å². The Hall–Kier alpha value is -5.21. The summed E-state index contributed by atoms with van der Waals surface area (Å²) >= 11 is 0. The third-order valence-corrected chi connectivity index (χ3v) is 7.45. The summed E-state index contributed by atoms with van der Waals surface area (Å²) in [4.78, 5) is 53.1. The van der Waals surface area contributed by atoms with Crippen molar-refractivity contribution >= 4 is 23.8 Å². The van der Waals surface area contributed by atoms with E-state index in [0.29, 0.717) is 5.56 Å². The van der Waals surface area contributed by atoms with Crippen LogP contribution < -0.4 is 0 Å². The number of amides is 1. The highest BCUT2D eigenvalue weighted by Gasteiger charge is 2.47. The second kappa shape index (κ2) is 17.1. The number of likely N-dealkylation sites (N-methyl/N-ethyl adjacent to an activating group) is 1. The SMILES string of the molecule is CCN1CCn2c(-c3ccccc3)cnc2C12CCN(C(=O)c1ccncc1)CC2.O=C(O)C(F)(F)F.O=C(O)C(F)(F)F.O=C(O)C(F)(F)F. The fraction of sp³-hybridized carbons (Fsp3) is 0.400. The van der Waals surface area contributed by atoms with Crippen molar-refractivity contribution in [3.05, 3.63) is 72.4 Å². The summed E-state index contributed by atoms with van der Waals surface area (Å²) in [6.45, 7) is 6.67. The molecule has 2 aliphatic rings. The normalized spacial score (nSPS) is 15.5. The van der Waals surface area contributed by atoms with Gasteiger partial charge in [0.2, 0.25) is 0 Å². The minimum Gasteiger partial charge on any atom is -0.475 e. The number of hydrogen-bond acceptors (Lipinski definition) is 7. The van der Waals surface area contributed by atoms with Gasteiger partial charge in [0.15, 0.2) is 0 Å². The number of hydrogen-bond donors (Lipinski definition) is 3. The molecule has 2 aromatic heterocycles. The molecule has 0 radical (unpaired) electrons. The van der Waals surface area contributed by atoms with E-state index in [1.165, 1.54) is 11.3 Å². The number of fused-ring (bicyclic) bond motifs is 2. The van der Waals surface area contributed by atoms with Gasteiger partial charge in [-0.25, -0.2) is 19.4 Å². The van der Waals surface area contributed by atoms with Crippen molar-refractivity contribution in [2.45, 2.75) is 50.4 Å². The molecule has 0 saturated carbocycles. The molecule has 0 atom stereocenters. The van der Waals surface area contributed by atoms with Crippen LogP contribution in [0.4, 0.5) is 39.5 Å². The number of aliphatic carboxylic acids is 3. The van der Waals surface area contributed by atoms with Gasteiger partial charge < -0.3 is 24.8 Å². The number of pyridine rings is 1. The third kappa shape index (κ3) is 11.4. The molecule has 0 aliphatic carbocycles. The molecule has 2 aliphatic heterocycles. The third-order valence-electron chi connectivity index (χ3n) is 7.45. The lowest BCUT2D eigenvalue weighted by molar-refractivity contribution is -0.193. The molecule has 280 valence electrons.